The highest BCUT2D eigenvalue weighted by molar-refractivity contribution is 5.70. The van der Waals surface area contributed by atoms with Crippen molar-refractivity contribution >= 4 is 5.70 Å². The van der Waals surface area contributed by atoms with E-state index in [0.717, 1.165) is 38.0 Å². The van der Waals surface area contributed by atoms with Gasteiger partial charge in [-0.25, -0.2) is 0 Å². The number of para-hydroxylation sites is 1. The van der Waals surface area contributed by atoms with Crippen molar-refractivity contribution in [3.05, 3.63) is 83.2 Å². The van der Waals surface area contributed by atoms with Gasteiger partial charge in [-0.05, 0) is 48.7 Å². The van der Waals surface area contributed by atoms with E-state index in [1.165, 1.54) is 5.56 Å². The number of hydrogen-bond acceptors (Lipinski definition) is 5. The minimum absolute atomic E-state index is 0.149. The largest absolute Gasteiger partial charge is 0.507 e. The van der Waals surface area contributed by atoms with E-state index in [-0.39, 0.29) is 11.7 Å². The lowest BCUT2D eigenvalue weighted by Crippen LogP contribution is -2.36. The topological polar surface area (TPSA) is 102 Å². The van der Waals surface area contributed by atoms with E-state index >= 15 is 0 Å². The highest BCUT2D eigenvalue weighted by Gasteiger charge is 2.24. The van der Waals surface area contributed by atoms with Gasteiger partial charge in [0.1, 0.15) is 5.75 Å². The van der Waals surface area contributed by atoms with Crippen LogP contribution in [0.25, 0.3) is 5.70 Å². The molecule has 1 heterocycles. The first-order valence-electron chi connectivity index (χ1n) is 9.31. The molecule has 142 valence electrons. The molecule has 2 aromatic rings. The predicted molar refractivity (Wildman–Crippen MR) is 110 cm³/mol. The van der Waals surface area contributed by atoms with E-state index in [1.807, 2.05) is 18.2 Å². The van der Waals surface area contributed by atoms with Gasteiger partial charge in [0, 0.05) is 30.3 Å². The molecular formula is C22H28N4O. The van der Waals surface area contributed by atoms with Crippen LogP contribution in [0.4, 0.5) is 0 Å². The average molecular weight is 364 g/mol. The Labute approximate surface area is 160 Å². The Morgan fingerprint density at radius 2 is 1.74 bits per heavy atom. The third-order valence-corrected chi connectivity index (χ3v) is 5.05. The lowest BCUT2D eigenvalue weighted by atomic mass is 9.88. The predicted octanol–water partition coefficient (Wildman–Crippen LogP) is 2.73. The lowest BCUT2D eigenvalue weighted by Gasteiger charge is -2.33. The average Bonchev–Trinajstić information content (AvgIpc) is 2.67. The van der Waals surface area contributed by atoms with Crippen LogP contribution in [0.1, 0.15) is 24.0 Å². The van der Waals surface area contributed by atoms with Crippen molar-refractivity contribution in [1.29, 1.82) is 0 Å². The van der Waals surface area contributed by atoms with Gasteiger partial charge in [0.15, 0.2) is 0 Å². The van der Waals surface area contributed by atoms with Crippen molar-refractivity contribution in [3.8, 4) is 5.75 Å². The quantitative estimate of drug-likeness (QED) is 0.611. The molecule has 1 saturated heterocycles. The molecule has 3 rings (SSSR count). The minimum Gasteiger partial charge on any atom is -0.507 e. The van der Waals surface area contributed by atoms with Gasteiger partial charge in [-0.2, -0.15) is 0 Å². The van der Waals surface area contributed by atoms with Gasteiger partial charge < -0.3 is 22.3 Å². The number of allylic oxidation sites excluding steroid dienone is 1. The molecular weight excluding hydrogens is 336 g/mol. The summed E-state index contributed by atoms with van der Waals surface area (Å²) in [5, 5.41) is 10.0. The molecule has 5 heteroatoms. The summed E-state index contributed by atoms with van der Waals surface area (Å²) in [6.45, 7) is 2.85. The number of nitrogens with zero attached hydrogens (tertiary/aromatic N) is 1. The van der Waals surface area contributed by atoms with Gasteiger partial charge >= 0.3 is 0 Å². The summed E-state index contributed by atoms with van der Waals surface area (Å²) in [6.07, 6.45) is 3.92. The number of hydrogen-bond donors (Lipinski definition) is 4. The molecule has 5 nitrogen and oxygen atoms in total. The molecule has 1 unspecified atom stereocenters. The number of nitrogens with two attached hydrogens (primary N) is 3. The second-order valence-electron chi connectivity index (χ2n) is 7.09. The Morgan fingerprint density at radius 3 is 2.44 bits per heavy atom. The fraction of sp³-hybridized carbons (Fsp3) is 0.273. The molecule has 7 N–H and O–H groups in total. The summed E-state index contributed by atoms with van der Waals surface area (Å²) in [4.78, 5) is 2.43. The molecule has 1 aliphatic heterocycles. The lowest BCUT2D eigenvalue weighted by molar-refractivity contribution is 0.185. The Kier molecular flexibility index (Phi) is 6.04. The molecule has 27 heavy (non-hydrogen) atoms. The first kappa shape index (κ1) is 18.9. The van der Waals surface area contributed by atoms with Crippen molar-refractivity contribution < 1.29 is 5.11 Å². The molecule has 1 aliphatic rings. The third kappa shape index (κ3) is 4.83. The second-order valence-corrected chi connectivity index (χ2v) is 7.09. The molecule has 0 aromatic heterocycles. The Hall–Kier alpha value is -2.92. The fourth-order valence-electron chi connectivity index (χ4n) is 3.69. The maximum atomic E-state index is 10.0. The number of aromatic hydroxyl groups is 1. The Bertz CT molecular complexity index is 825. The van der Waals surface area contributed by atoms with Gasteiger partial charge in [-0.15, -0.1) is 0 Å². The summed E-state index contributed by atoms with van der Waals surface area (Å²) in [5.41, 5.74) is 21.5. The number of piperidine rings is 1. The number of phenolic OH excluding ortho intramolecular Hbond substituents is 1. The van der Waals surface area contributed by atoms with Crippen LogP contribution in [-0.4, -0.2) is 23.1 Å². The molecule has 0 spiro atoms. The van der Waals surface area contributed by atoms with Crippen molar-refractivity contribution in [1.82, 2.24) is 4.90 Å². The number of likely N-dealkylation sites (tertiary alicyclic amines) is 1. The standard InChI is InChI=1S/C22H28N4O/c23-20(18-10-4-5-11-21(18)27)13-19(22(24)25)17-9-6-12-26(15-17)14-16-7-2-1-3-8-16/h1-5,7-8,10-11,13,17,27H,6,9,12,14-15,23-25H2/b20-13-. The molecule has 1 atom stereocenters. The third-order valence-electron chi connectivity index (χ3n) is 5.05. The van der Waals surface area contributed by atoms with Crippen molar-refractivity contribution in [2.45, 2.75) is 19.4 Å². The Morgan fingerprint density at radius 1 is 1.04 bits per heavy atom. The summed E-state index contributed by atoms with van der Waals surface area (Å²) < 4.78 is 0. The van der Waals surface area contributed by atoms with E-state index < -0.39 is 0 Å². The van der Waals surface area contributed by atoms with Crippen molar-refractivity contribution in [3.63, 3.8) is 0 Å². The van der Waals surface area contributed by atoms with E-state index in [1.54, 1.807) is 18.2 Å². The van der Waals surface area contributed by atoms with Crippen LogP contribution in [0.5, 0.6) is 5.75 Å². The molecule has 0 aliphatic carbocycles. The van der Waals surface area contributed by atoms with Crippen LogP contribution >= 0.6 is 0 Å². The Balaban J connectivity index is 1.78. The summed E-state index contributed by atoms with van der Waals surface area (Å²) in [5.74, 6) is 0.660. The molecule has 0 amide bonds. The number of phenols is 1. The smallest absolute Gasteiger partial charge is 0.124 e. The molecule has 0 bridgehead atoms. The zero-order valence-corrected chi connectivity index (χ0v) is 15.5. The maximum absolute atomic E-state index is 10.0. The van der Waals surface area contributed by atoms with Crippen LogP contribution < -0.4 is 17.2 Å². The highest BCUT2D eigenvalue weighted by Crippen LogP contribution is 2.29. The summed E-state index contributed by atoms with van der Waals surface area (Å²) >= 11 is 0. The van der Waals surface area contributed by atoms with Gasteiger partial charge in [-0.3, -0.25) is 4.90 Å². The fourth-order valence-corrected chi connectivity index (χ4v) is 3.69. The number of benzene rings is 2. The van der Waals surface area contributed by atoms with Gasteiger partial charge in [0.2, 0.25) is 0 Å². The summed E-state index contributed by atoms with van der Waals surface area (Å²) in [6, 6.07) is 17.5. The van der Waals surface area contributed by atoms with E-state index in [2.05, 4.69) is 29.2 Å². The van der Waals surface area contributed by atoms with Gasteiger partial charge in [-0.1, -0.05) is 42.5 Å². The molecule has 2 aromatic carbocycles. The van der Waals surface area contributed by atoms with E-state index in [4.69, 9.17) is 17.2 Å². The van der Waals surface area contributed by atoms with Crippen LogP contribution in [0.3, 0.4) is 0 Å². The van der Waals surface area contributed by atoms with E-state index in [0.29, 0.717) is 17.1 Å². The number of rotatable bonds is 5. The van der Waals surface area contributed by atoms with Crippen LogP contribution in [0.15, 0.2) is 72.1 Å². The monoisotopic (exact) mass is 364 g/mol. The van der Waals surface area contributed by atoms with Crippen molar-refractivity contribution in [2.24, 2.45) is 23.1 Å². The first-order chi connectivity index (χ1) is 13.0. The zero-order chi connectivity index (χ0) is 19.2. The van der Waals surface area contributed by atoms with Gasteiger partial charge in [0.25, 0.3) is 0 Å². The van der Waals surface area contributed by atoms with Crippen LogP contribution in [0.2, 0.25) is 0 Å². The minimum atomic E-state index is 0.149. The second kappa shape index (κ2) is 8.64. The summed E-state index contributed by atoms with van der Waals surface area (Å²) in [7, 11) is 0. The van der Waals surface area contributed by atoms with Crippen LogP contribution in [-0.2, 0) is 6.54 Å². The SMILES string of the molecule is NC(N)=C(/C=C(\N)c1ccccc1O)C1CCCN(Cc2ccccc2)C1. The molecule has 0 saturated carbocycles. The first-order valence-corrected chi connectivity index (χ1v) is 9.31. The highest BCUT2D eigenvalue weighted by atomic mass is 16.3. The van der Waals surface area contributed by atoms with E-state index in [9.17, 15) is 5.11 Å². The normalized spacial score (nSPS) is 18.2. The van der Waals surface area contributed by atoms with Crippen LogP contribution in [0, 0.1) is 5.92 Å². The zero-order valence-electron chi connectivity index (χ0n) is 15.5. The molecule has 1 fully saturated rings. The van der Waals surface area contributed by atoms with Gasteiger partial charge in [0.05, 0.1) is 5.82 Å². The maximum Gasteiger partial charge on any atom is 0.124 e. The molecule has 0 radical (unpaired) electrons. The van der Waals surface area contributed by atoms with Crippen molar-refractivity contribution in [2.75, 3.05) is 13.1 Å².